The summed E-state index contributed by atoms with van der Waals surface area (Å²) in [6, 6.07) is 4.79. The molecule has 3 aromatic heterocycles. The number of carbonyl (C=O) groups excluding carboxylic acids is 3. The van der Waals surface area contributed by atoms with Crippen LogP contribution >= 0.6 is 46.9 Å². The Morgan fingerprint density at radius 1 is 0.654 bits per heavy atom. The lowest BCUT2D eigenvalue weighted by Gasteiger charge is -2.36. The highest BCUT2D eigenvalue weighted by atomic mass is 32.2. The summed E-state index contributed by atoms with van der Waals surface area (Å²) in [7, 11) is -51.3. The Bertz CT molecular complexity index is 5560. The minimum atomic E-state index is -6.55. The van der Waals surface area contributed by atoms with Gasteiger partial charge in [-0.25, -0.2) is 32.4 Å². The van der Waals surface area contributed by atoms with Gasteiger partial charge in [0.05, 0.1) is 36.3 Å². The van der Waals surface area contributed by atoms with Crippen LogP contribution in [0.4, 0.5) is 29.5 Å². The van der Waals surface area contributed by atoms with Gasteiger partial charge in [-0.2, -0.15) is 66.7 Å². The molecule has 4 aliphatic heterocycles. The van der Waals surface area contributed by atoms with Gasteiger partial charge in [0.2, 0.25) is 41.5 Å². The standard InChI is InChI=1S/C68H106N16O34P6S3/c1-45(17-15-39-125(102,103)104)16-14-18-46(2)83(54-22-21-52-53(47(54)3)40-51(126(105,106)107)41-57(52)127(108,109)110)31-12-7-9-20-59(87)74-50-27-36-82(37-28-50)68-78-66(77-67(79-68)81-34-25-49(69)26-35-81)80-32-23-48(24-33-80)63(88)72-30-11-6-8-19-58(86)71-29-10-4-5-13-38-111-119(90,91)114-121(94,95)116-123(98,99)118-124(100,101)117-122(96,97)115-120(92,93)112-43-56-55(85)42-60(113-56)84-44-73-61-62(84)75-65(70)76-64(61)89/h14,16,18,21-22,40-41,44,48-50,55-56,60,85H,1,4-13,15,17,19-20,23-39,42-43,69H2,2-3H3,(H,71,86)(H,72,88)(H,74,87)(H,90,91)(H,92,93)(H,94,95)(H,96,97)(H,98,99)(H,100,101)(H,102,103,104)(H,105,106,107)(H,108,109,110)(H3,70,75,76,89)/b16-14+,46-18+/t55-,56-,60-/m1/s1. The van der Waals surface area contributed by atoms with Crippen molar-refractivity contribution in [2.24, 2.45) is 11.7 Å². The highest BCUT2D eigenvalue weighted by Gasteiger charge is 2.50. The number of allylic oxidation sites excluding steroid dienone is 5. The molecule has 4 fully saturated rings. The van der Waals surface area contributed by atoms with Crippen molar-refractivity contribution >= 4 is 146 Å². The van der Waals surface area contributed by atoms with Crippen molar-refractivity contribution in [3.63, 3.8) is 0 Å². The Morgan fingerprint density at radius 3 is 1.76 bits per heavy atom. The number of phosphoric ester groups is 2. The molecule has 7 heterocycles. The number of anilines is 5. The molecule has 59 heteroatoms. The molecular weight excluding hydrogens is 1870 g/mol. The SMILES string of the molecule is C=C(/C=C/C=C(\C)N(CCCCCC(=O)NC1CCN(c2nc(N3CCC(N)CC3)nc(N3CCC(C(=O)NCCCCCC(=O)NCCCCCCOP(=O)(O)OP(=O)(O)OP(=O)(O)OP(=O)(O)OP(=O)(O)OP(=O)(O)OC[C@H]4O[C@@H](n5cnc6c(=O)[nH]c(N)nc65)C[C@H]4O)CC3)n2)CC1)c1ccc2c(S(=O)(=O)O)cc(S(=O)(=O)O)cc2c1C)CCCS(=O)(=O)O. The molecule has 18 N–H and O–H groups in total. The van der Waals surface area contributed by atoms with Crippen LogP contribution in [0.3, 0.4) is 0 Å². The van der Waals surface area contributed by atoms with Crippen LogP contribution in [0.5, 0.6) is 0 Å². The average molecular weight is 1970 g/mol. The summed E-state index contributed by atoms with van der Waals surface area (Å²) in [6.45, 7) is 10.1. The Labute approximate surface area is 729 Å². The molecular formula is C68H106N16O34P6S3. The fourth-order valence-electron chi connectivity index (χ4n) is 14.2. The molecule has 0 radical (unpaired) electrons. The molecule has 4 aliphatic rings. The van der Waals surface area contributed by atoms with E-state index in [9.17, 15) is 115 Å². The Balaban J connectivity index is 0.631. The van der Waals surface area contributed by atoms with E-state index < -0.39 is 130 Å². The number of hydrogen-bond donors (Lipinski definition) is 16. The molecule has 9 rings (SSSR count). The normalized spacial score (nSPS) is 20.4. The van der Waals surface area contributed by atoms with Crippen LogP contribution < -0.4 is 52.6 Å². The minimum absolute atomic E-state index is 0.0155. The van der Waals surface area contributed by atoms with Gasteiger partial charge < -0.3 is 86.2 Å². The third-order valence-electron chi connectivity index (χ3n) is 20.6. The molecule has 0 spiro atoms. The van der Waals surface area contributed by atoms with Crippen molar-refractivity contribution < 1.29 is 150 Å². The topological polar surface area (TPSA) is 736 Å². The van der Waals surface area contributed by atoms with Gasteiger partial charge >= 0.3 is 46.9 Å². The number of ether oxygens (including phenoxy) is 1. The minimum Gasteiger partial charge on any atom is -0.390 e. The number of aromatic amines is 1. The van der Waals surface area contributed by atoms with Gasteiger partial charge in [-0.05, 0) is 139 Å². The monoisotopic (exact) mass is 1970 g/mol. The predicted octanol–water partition coefficient (Wildman–Crippen LogP) is 6.24. The number of aromatic nitrogens is 7. The average Bonchev–Trinajstić information content (AvgIpc) is 1.51. The predicted molar refractivity (Wildman–Crippen MR) is 456 cm³/mol. The smallest absolute Gasteiger partial charge is 0.390 e. The van der Waals surface area contributed by atoms with E-state index >= 15 is 0 Å². The molecule has 3 amide bonds. The van der Waals surface area contributed by atoms with E-state index in [1.807, 2.05) is 11.8 Å². The molecule has 50 nitrogen and oxygen atoms in total. The maximum atomic E-state index is 13.5. The zero-order valence-corrected chi connectivity index (χ0v) is 76.7. The first-order valence-corrected chi connectivity index (χ1v) is 53.5. The summed E-state index contributed by atoms with van der Waals surface area (Å²) >= 11 is 0. The first kappa shape index (κ1) is 104. The van der Waals surface area contributed by atoms with Gasteiger partial charge in [-0.3, -0.25) is 51.4 Å². The number of phosphoric acid groups is 6. The zero-order chi connectivity index (χ0) is 93.3. The van der Waals surface area contributed by atoms with Crippen molar-refractivity contribution in [1.82, 2.24) is 50.4 Å². The highest BCUT2D eigenvalue weighted by molar-refractivity contribution is 7.87. The summed E-state index contributed by atoms with van der Waals surface area (Å²) in [4.78, 5) is 143. The highest BCUT2D eigenvalue weighted by Crippen LogP contribution is 2.75. The Morgan fingerprint density at radius 2 is 1.18 bits per heavy atom. The number of aliphatic hydroxyl groups is 1. The first-order valence-electron chi connectivity index (χ1n) is 40.1. The van der Waals surface area contributed by atoms with Crippen LogP contribution in [0.2, 0.25) is 0 Å². The number of hydrogen-bond acceptors (Lipinski definition) is 36. The number of fused-ring (bicyclic) bond motifs is 2. The van der Waals surface area contributed by atoms with Crippen LogP contribution in [0.25, 0.3) is 21.9 Å². The lowest BCUT2D eigenvalue weighted by molar-refractivity contribution is -0.125. The molecule has 0 aliphatic carbocycles. The number of nitrogen functional groups attached to an aromatic ring is 1. The number of nitrogens with one attached hydrogen (secondary N) is 4. The number of imidazole rings is 1. The number of rotatable bonds is 49. The van der Waals surface area contributed by atoms with Crippen molar-refractivity contribution in [1.29, 1.82) is 0 Å². The van der Waals surface area contributed by atoms with E-state index in [4.69, 9.17) is 35.7 Å². The van der Waals surface area contributed by atoms with Gasteiger partial charge in [0.15, 0.2) is 11.2 Å². The van der Waals surface area contributed by atoms with E-state index in [2.05, 4.69) is 82.8 Å². The van der Waals surface area contributed by atoms with E-state index in [1.165, 1.54) is 10.6 Å². The number of aliphatic hydroxyl groups excluding tert-OH is 1. The largest absolute Gasteiger partial charge is 0.490 e. The molecule has 2 aromatic carbocycles. The maximum absolute atomic E-state index is 13.5. The number of H-pyrrole nitrogens is 1. The molecule has 0 saturated carbocycles. The second kappa shape index (κ2) is 45.1. The number of unbranched alkanes of at least 4 members (excludes halogenated alkanes) is 7. The third-order valence-corrected chi connectivity index (χ3v) is 32.4. The molecule has 127 heavy (non-hydrogen) atoms. The summed E-state index contributed by atoms with van der Waals surface area (Å²) in [5.41, 5.74) is 13.1. The van der Waals surface area contributed by atoms with Gasteiger partial charge in [0, 0.05) is 113 Å². The molecule has 0 bridgehead atoms. The number of benzene rings is 2. The lowest BCUT2D eigenvalue weighted by atomic mass is 9.96. The number of piperidine rings is 3. The van der Waals surface area contributed by atoms with Gasteiger partial charge in [0.1, 0.15) is 17.2 Å². The van der Waals surface area contributed by atoms with E-state index in [1.54, 1.807) is 31.2 Å². The maximum Gasteiger partial charge on any atom is 0.490 e. The first-order chi connectivity index (χ1) is 59.3. The van der Waals surface area contributed by atoms with Gasteiger partial charge in [-0.15, -0.1) is 0 Å². The van der Waals surface area contributed by atoms with Crippen LogP contribution in [0.15, 0.2) is 81.3 Å². The van der Waals surface area contributed by atoms with Crippen molar-refractivity contribution in [2.75, 3.05) is 103 Å². The summed E-state index contributed by atoms with van der Waals surface area (Å²) in [6.07, 6.45) is 11.2. The number of aryl methyl sites for hydroxylation is 1. The van der Waals surface area contributed by atoms with Crippen LogP contribution in [-0.2, 0) is 107 Å². The number of nitrogens with two attached hydrogens (primary N) is 2. The number of amides is 3. The number of nitrogens with zero attached hydrogens (tertiary/aromatic N) is 10. The lowest BCUT2D eigenvalue weighted by Crippen LogP contribution is -2.46. The van der Waals surface area contributed by atoms with Crippen molar-refractivity contribution in [3.05, 3.63) is 82.6 Å². The molecule has 9 atom stereocenters. The second-order valence-corrected chi connectivity index (χ2v) is 44.2. The van der Waals surface area contributed by atoms with Crippen LogP contribution in [0, 0.1) is 12.8 Å². The molecule has 710 valence electrons. The fourth-order valence-corrected chi connectivity index (χ4v) is 23.9. The molecule has 5 aromatic rings. The third kappa shape index (κ3) is 32.8. The van der Waals surface area contributed by atoms with E-state index in [-0.39, 0.29) is 109 Å². The second-order valence-electron chi connectivity index (χ2n) is 30.4. The van der Waals surface area contributed by atoms with Crippen LogP contribution in [0.1, 0.15) is 154 Å². The number of carbonyl (C=O) groups is 3. The quantitative estimate of drug-likeness (QED) is 0.00886. The summed E-state index contributed by atoms with van der Waals surface area (Å²) in [5, 5.41) is 19.6. The van der Waals surface area contributed by atoms with Crippen LogP contribution in [-0.4, -0.2) is 228 Å². The van der Waals surface area contributed by atoms with E-state index in [0.29, 0.717) is 182 Å². The van der Waals surface area contributed by atoms with E-state index in [0.717, 1.165) is 25.2 Å². The van der Waals surface area contributed by atoms with Crippen molar-refractivity contribution in [3.8, 4) is 0 Å². The zero-order valence-electron chi connectivity index (χ0n) is 68.9. The Hall–Kier alpha value is -6.84. The van der Waals surface area contributed by atoms with Gasteiger partial charge in [-0.1, -0.05) is 56.1 Å². The Kier molecular flexibility index (Phi) is 36.9. The van der Waals surface area contributed by atoms with Crippen molar-refractivity contribution in [2.45, 2.75) is 189 Å². The molecule has 4 saturated heterocycles. The van der Waals surface area contributed by atoms with Gasteiger partial charge in [0.25, 0.3) is 35.9 Å². The summed E-state index contributed by atoms with van der Waals surface area (Å²) < 4.78 is 211. The summed E-state index contributed by atoms with van der Waals surface area (Å²) in [5.74, 6) is 0.0832. The molecule has 6 unspecified atom stereocenters. The fraction of sp³-hybridized carbons (Fsp3) is 0.603.